The van der Waals surface area contributed by atoms with Crippen LogP contribution in [0.3, 0.4) is 0 Å². The molecule has 4 aromatic rings. The predicted octanol–water partition coefficient (Wildman–Crippen LogP) is 3.90. The van der Waals surface area contributed by atoms with Gasteiger partial charge >= 0.3 is 0 Å². The molecule has 8 nitrogen and oxygen atoms in total. The zero-order valence-corrected chi connectivity index (χ0v) is 14.5. The van der Waals surface area contributed by atoms with Crippen LogP contribution in [0.25, 0.3) is 16.9 Å². The fraction of sp³-hybridized carbons (Fsp3) is 0.105. The molecule has 0 amide bonds. The highest BCUT2D eigenvalue weighted by atomic mass is 16.6. The van der Waals surface area contributed by atoms with E-state index in [4.69, 9.17) is 0 Å². The van der Waals surface area contributed by atoms with E-state index in [1.54, 1.807) is 30.7 Å². The second-order valence-corrected chi connectivity index (χ2v) is 6.06. The number of non-ortho nitro benzene ring substituents is 1. The molecule has 134 valence electrons. The van der Waals surface area contributed by atoms with Crippen molar-refractivity contribution in [2.75, 3.05) is 5.32 Å². The minimum atomic E-state index is -0.405. The first-order chi connectivity index (χ1) is 13.1. The maximum absolute atomic E-state index is 11.0. The van der Waals surface area contributed by atoms with Crippen molar-refractivity contribution in [1.82, 2.24) is 19.5 Å². The zero-order valence-electron chi connectivity index (χ0n) is 14.5. The number of imidazole rings is 1. The van der Waals surface area contributed by atoms with Gasteiger partial charge in [0.2, 0.25) is 5.95 Å². The number of hydrogen-bond acceptors (Lipinski definition) is 6. The van der Waals surface area contributed by atoms with Gasteiger partial charge in [-0.15, -0.1) is 0 Å². The Bertz CT molecular complexity index is 1120. The fourth-order valence-corrected chi connectivity index (χ4v) is 2.88. The van der Waals surface area contributed by atoms with Gasteiger partial charge in [0.15, 0.2) is 0 Å². The van der Waals surface area contributed by atoms with Crippen LogP contribution in [0.15, 0.2) is 67.1 Å². The fourth-order valence-electron chi connectivity index (χ4n) is 2.88. The monoisotopic (exact) mass is 360 g/mol. The van der Waals surface area contributed by atoms with E-state index >= 15 is 0 Å². The summed E-state index contributed by atoms with van der Waals surface area (Å²) in [4.78, 5) is 23.8. The average molecular weight is 360 g/mol. The largest absolute Gasteiger partial charge is 0.348 e. The average Bonchev–Trinajstić information content (AvgIpc) is 3.12. The van der Waals surface area contributed by atoms with E-state index in [9.17, 15) is 10.1 Å². The lowest BCUT2D eigenvalue weighted by atomic mass is 10.1. The molecule has 0 unspecified atom stereocenters. The first-order valence-corrected chi connectivity index (χ1v) is 8.38. The van der Waals surface area contributed by atoms with Crippen molar-refractivity contribution in [3.63, 3.8) is 0 Å². The summed E-state index contributed by atoms with van der Waals surface area (Å²) >= 11 is 0. The van der Waals surface area contributed by atoms with Gasteiger partial charge in [-0.3, -0.25) is 14.7 Å². The van der Waals surface area contributed by atoms with Crippen LogP contribution in [0.1, 0.15) is 18.5 Å². The van der Waals surface area contributed by atoms with Crippen LogP contribution in [0.5, 0.6) is 0 Å². The molecule has 0 aliphatic carbocycles. The molecule has 0 aliphatic heterocycles. The topological polar surface area (TPSA) is 98.8 Å². The van der Waals surface area contributed by atoms with Gasteiger partial charge in [0.1, 0.15) is 12.1 Å². The highest BCUT2D eigenvalue weighted by Crippen LogP contribution is 2.22. The summed E-state index contributed by atoms with van der Waals surface area (Å²) in [7, 11) is 0. The Balaban J connectivity index is 1.61. The third kappa shape index (κ3) is 3.32. The SMILES string of the molecule is C[C@H](Nc1nccc(-n2cnc3ccccc32)n1)c1cccc([N+](=O)[O-])c1. The van der Waals surface area contributed by atoms with Crippen LogP contribution in [-0.2, 0) is 0 Å². The second kappa shape index (κ2) is 6.83. The summed E-state index contributed by atoms with van der Waals surface area (Å²) < 4.78 is 1.89. The maximum Gasteiger partial charge on any atom is 0.269 e. The Kier molecular flexibility index (Phi) is 4.21. The molecular formula is C19H16N6O2. The smallest absolute Gasteiger partial charge is 0.269 e. The highest BCUT2D eigenvalue weighted by Gasteiger charge is 2.13. The Morgan fingerprint density at radius 1 is 1.11 bits per heavy atom. The molecule has 0 fully saturated rings. The number of fused-ring (bicyclic) bond motifs is 1. The first-order valence-electron chi connectivity index (χ1n) is 8.38. The quantitative estimate of drug-likeness (QED) is 0.428. The molecule has 1 atom stereocenters. The highest BCUT2D eigenvalue weighted by molar-refractivity contribution is 5.76. The molecule has 0 radical (unpaired) electrons. The van der Waals surface area contributed by atoms with E-state index in [1.807, 2.05) is 41.8 Å². The normalized spacial score (nSPS) is 12.0. The molecule has 0 spiro atoms. The molecule has 1 N–H and O–H groups in total. The number of nitrogens with zero attached hydrogens (tertiary/aromatic N) is 5. The lowest BCUT2D eigenvalue weighted by molar-refractivity contribution is -0.384. The van der Waals surface area contributed by atoms with Crippen molar-refractivity contribution in [1.29, 1.82) is 0 Å². The van der Waals surface area contributed by atoms with E-state index in [-0.39, 0.29) is 11.7 Å². The summed E-state index contributed by atoms with van der Waals surface area (Å²) in [5, 5.41) is 14.2. The minimum Gasteiger partial charge on any atom is -0.348 e. The van der Waals surface area contributed by atoms with Gasteiger partial charge in [0, 0.05) is 18.3 Å². The van der Waals surface area contributed by atoms with Crippen molar-refractivity contribution in [3.8, 4) is 5.82 Å². The molecule has 0 aliphatic rings. The molecule has 4 rings (SSSR count). The maximum atomic E-state index is 11.0. The lowest BCUT2D eigenvalue weighted by Crippen LogP contribution is -2.10. The number of anilines is 1. The van der Waals surface area contributed by atoms with Crippen LogP contribution in [0, 0.1) is 10.1 Å². The van der Waals surface area contributed by atoms with E-state index in [0.29, 0.717) is 11.8 Å². The summed E-state index contributed by atoms with van der Waals surface area (Å²) in [5.74, 6) is 1.12. The standard InChI is InChI=1S/C19H16N6O2/c1-13(14-5-4-6-15(11-14)25(26)27)22-19-20-10-9-18(23-19)24-12-21-16-7-2-3-8-17(16)24/h2-13H,1H3,(H,20,22,23)/t13-/m0/s1. The molecule has 2 aromatic heterocycles. The molecule has 2 aromatic carbocycles. The third-order valence-electron chi connectivity index (χ3n) is 4.27. The molecule has 0 saturated carbocycles. The van der Waals surface area contributed by atoms with Gasteiger partial charge in [0.05, 0.1) is 22.0 Å². The Hall–Kier alpha value is -3.81. The van der Waals surface area contributed by atoms with Crippen LogP contribution >= 0.6 is 0 Å². The molecule has 0 saturated heterocycles. The summed E-state index contributed by atoms with van der Waals surface area (Å²) in [6.07, 6.45) is 3.39. The molecule has 8 heteroatoms. The van der Waals surface area contributed by atoms with E-state index in [2.05, 4.69) is 20.3 Å². The number of nitro groups is 1. The van der Waals surface area contributed by atoms with E-state index in [1.165, 1.54) is 6.07 Å². The predicted molar refractivity (Wildman–Crippen MR) is 102 cm³/mol. The number of hydrogen-bond donors (Lipinski definition) is 1. The molecule has 0 bridgehead atoms. The summed E-state index contributed by atoms with van der Waals surface area (Å²) in [6, 6.07) is 15.9. The first kappa shape index (κ1) is 16.6. The Morgan fingerprint density at radius 3 is 2.81 bits per heavy atom. The van der Waals surface area contributed by atoms with Crippen molar-refractivity contribution < 1.29 is 4.92 Å². The Labute approximate surface area is 154 Å². The number of rotatable bonds is 5. The van der Waals surface area contributed by atoms with Crippen molar-refractivity contribution in [2.24, 2.45) is 0 Å². The van der Waals surface area contributed by atoms with Crippen molar-refractivity contribution in [3.05, 3.63) is 82.8 Å². The number of para-hydroxylation sites is 2. The van der Waals surface area contributed by atoms with Crippen LogP contribution < -0.4 is 5.32 Å². The number of aromatic nitrogens is 4. The molecule has 27 heavy (non-hydrogen) atoms. The minimum absolute atomic E-state index is 0.0562. The summed E-state index contributed by atoms with van der Waals surface area (Å²) in [5.41, 5.74) is 2.68. The van der Waals surface area contributed by atoms with E-state index in [0.717, 1.165) is 16.6 Å². The zero-order chi connectivity index (χ0) is 18.8. The number of benzene rings is 2. The van der Waals surface area contributed by atoms with Crippen molar-refractivity contribution in [2.45, 2.75) is 13.0 Å². The number of nitro benzene ring substituents is 1. The Morgan fingerprint density at radius 2 is 1.96 bits per heavy atom. The third-order valence-corrected chi connectivity index (χ3v) is 4.27. The van der Waals surface area contributed by atoms with Gasteiger partial charge < -0.3 is 5.32 Å². The van der Waals surface area contributed by atoms with Crippen LogP contribution in [0.4, 0.5) is 11.6 Å². The van der Waals surface area contributed by atoms with Gasteiger partial charge in [-0.2, -0.15) is 4.98 Å². The molecular weight excluding hydrogens is 344 g/mol. The number of nitrogens with one attached hydrogen (secondary N) is 1. The van der Waals surface area contributed by atoms with E-state index < -0.39 is 4.92 Å². The van der Waals surface area contributed by atoms with Gasteiger partial charge in [-0.1, -0.05) is 24.3 Å². The van der Waals surface area contributed by atoms with Gasteiger partial charge in [-0.25, -0.2) is 9.97 Å². The lowest BCUT2D eigenvalue weighted by Gasteiger charge is -2.14. The molecule has 2 heterocycles. The van der Waals surface area contributed by atoms with Gasteiger partial charge in [-0.05, 0) is 30.7 Å². The van der Waals surface area contributed by atoms with Crippen molar-refractivity contribution >= 4 is 22.7 Å². The second-order valence-electron chi connectivity index (χ2n) is 6.06. The summed E-state index contributed by atoms with van der Waals surface area (Å²) in [6.45, 7) is 1.90. The van der Waals surface area contributed by atoms with Crippen LogP contribution in [0.2, 0.25) is 0 Å². The van der Waals surface area contributed by atoms with Crippen LogP contribution in [-0.4, -0.2) is 24.4 Å². The van der Waals surface area contributed by atoms with Gasteiger partial charge in [0.25, 0.3) is 5.69 Å².